The van der Waals surface area contributed by atoms with Gasteiger partial charge in [0.25, 0.3) is 0 Å². The summed E-state index contributed by atoms with van der Waals surface area (Å²) < 4.78 is 5.12. The summed E-state index contributed by atoms with van der Waals surface area (Å²) in [7, 11) is 0. The number of hydrogen-bond donors (Lipinski definition) is 0. The van der Waals surface area contributed by atoms with Crippen LogP contribution in [0.4, 0.5) is 0 Å². The number of aryl methyl sites for hydroxylation is 1. The van der Waals surface area contributed by atoms with Gasteiger partial charge in [-0.3, -0.25) is 0 Å². The normalized spacial score (nSPS) is 10.0. The number of benzene rings is 1. The molecule has 17 heavy (non-hydrogen) atoms. The molecule has 2 heteroatoms. The topological polar surface area (TPSA) is 26.3 Å². The van der Waals surface area contributed by atoms with Crippen molar-refractivity contribution in [1.82, 2.24) is 0 Å². The largest absolute Gasteiger partial charge is 0.462 e. The van der Waals surface area contributed by atoms with Gasteiger partial charge in [-0.05, 0) is 24.5 Å². The molecule has 1 aromatic carbocycles. The molecule has 1 rings (SSSR count). The summed E-state index contributed by atoms with van der Waals surface area (Å²) in [4.78, 5) is 11.6. The predicted octanol–water partition coefficient (Wildman–Crippen LogP) is 3.44. The summed E-state index contributed by atoms with van der Waals surface area (Å²) >= 11 is 0. The maximum atomic E-state index is 11.6. The van der Waals surface area contributed by atoms with Crippen LogP contribution in [0.1, 0.15) is 30.9 Å². The standard InChI is InChI=1S/C15H20O2/c1-4-5-10-17-15(16)13(3)11-14-9-7-6-8-12(14)2/h6-9H,3-5,10-11H2,1-2H3. The number of ether oxygens (including phenoxy) is 1. The first-order valence-corrected chi connectivity index (χ1v) is 6.04. The molecule has 0 spiro atoms. The van der Waals surface area contributed by atoms with E-state index in [0.717, 1.165) is 18.4 Å². The Bertz CT molecular complexity index is 394. The molecule has 0 bridgehead atoms. The van der Waals surface area contributed by atoms with E-state index in [-0.39, 0.29) is 5.97 Å². The van der Waals surface area contributed by atoms with Gasteiger partial charge >= 0.3 is 5.97 Å². The van der Waals surface area contributed by atoms with Crippen LogP contribution >= 0.6 is 0 Å². The van der Waals surface area contributed by atoms with Crippen molar-refractivity contribution in [3.63, 3.8) is 0 Å². The summed E-state index contributed by atoms with van der Waals surface area (Å²) in [6, 6.07) is 8.00. The Labute approximate surface area is 103 Å². The zero-order valence-corrected chi connectivity index (χ0v) is 10.7. The summed E-state index contributed by atoms with van der Waals surface area (Å²) in [6.07, 6.45) is 2.50. The van der Waals surface area contributed by atoms with Crippen molar-refractivity contribution in [2.75, 3.05) is 6.61 Å². The van der Waals surface area contributed by atoms with Gasteiger partial charge in [-0.25, -0.2) is 4.79 Å². The van der Waals surface area contributed by atoms with E-state index in [1.807, 2.05) is 31.2 Å². The average Bonchev–Trinajstić information content (AvgIpc) is 2.32. The van der Waals surface area contributed by atoms with Crippen LogP contribution < -0.4 is 0 Å². The van der Waals surface area contributed by atoms with Crippen molar-refractivity contribution < 1.29 is 9.53 Å². The Morgan fingerprint density at radius 2 is 2.06 bits per heavy atom. The first-order valence-electron chi connectivity index (χ1n) is 6.04. The summed E-state index contributed by atoms with van der Waals surface area (Å²) in [6.45, 7) is 8.38. The minimum absolute atomic E-state index is 0.276. The second-order valence-corrected chi connectivity index (χ2v) is 4.20. The first kappa shape index (κ1) is 13.5. The minimum atomic E-state index is -0.276. The van der Waals surface area contributed by atoms with E-state index in [2.05, 4.69) is 13.5 Å². The summed E-state index contributed by atoms with van der Waals surface area (Å²) in [5.74, 6) is -0.276. The third-order valence-corrected chi connectivity index (χ3v) is 2.68. The van der Waals surface area contributed by atoms with Gasteiger partial charge in [0.15, 0.2) is 0 Å². The Morgan fingerprint density at radius 1 is 1.35 bits per heavy atom. The van der Waals surface area contributed by atoms with Gasteiger partial charge in [0, 0.05) is 12.0 Å². The molecule has 0 aromatic heterocycles. The Hall–Kier alpha value is -1.57. The molecule has 0 aliphatic heterocycles. The van der Waals surface area contributed by atoms with E-state index in [0.29, 0.717) is 18.6 Å². The Morgan fingerprint density at radius 3 is 2.71 bits per heavy atom. The van der Waals surface area contributed by atoms with Crippen LogP contribution in [0.2, 0.25) is 0 Å². The van der Waals surface area contributed by atoms with E-state index in [9.17, 15) is 4.79 Å². The lowest BCUT2D eigenvalue weighted by Crippen LogP contribution is -2.10. The fourth-order valence-electron chi connectivity index (χ4n) is 1.52. The van der Waals surface area contributed by atoms with Crippen molar-refractivity contribution in [1.29, 1.82) is 0 Å². The molecule has 2 nitrogen and oxygen atoms in total. The fraction of sp³-hybridized carbons (Fsp3) is 0.400. The highest BCUT2D eigenvalue weighted by atomic mass is 16.5. The number of unbranched alkanes of at least 4 members (excludes halogenated alkanes) is 1. The molecule has 0 atom stereocenters. The molecule has 0 radical (unpaired) electrons. The quantitative estimate of drug-likeness (QED) is 0.426. The lowest BCUT2D eigenvalue weighted by atomic mass is 10.0. The van der Waals surface area contributed by atoms with Crippen LogP contribution in [0.15, 0.2) is 36.4 Å². The monoisotopic (exact) mass is 232 g/mol. The maximum absolute atomic E-state index is 11.6. The second kappa shape index (κ2) is 6.89. The van der Waals surface area contributed by atoms with Crippen LogP contribution in [0.5, 0.6) is 0 Å². The molecular formula is C15H20O2. The maximum Gasteiger partial charge on any atom is 0.333 e. The van der Waals surface area contributed by atoms with Crippen molar-refractivity contribution in [2.45, 2.75) is 33.1 Å². The van der Waals surface area contributed by atoms with Gasteiger partial charge in [-0.2, -0.15) is 0 Å². The van der Waals surface area contributed by atoms with Gasteiger partial charge in [-0.15, -0.1) is 0 Å². The second-order valence-electron chi connectivity index (χ2n) is 4.20. The summed E-state index contributed by atoms with van der Waals surface area (Å²) in [5, 5.41) is 0. The van der Waals surface area contributed by atoms with Crippen LogP contribution in [0, 0.1) is 6.92 Å². The van der Waals surface area contributed by atoms with Gasteiger partial charge in [-0.1, -0.05) is 44.2 Å². The Balaban J connectivity index is 2.49. The third kappa shape index (κ3) is 4.43. The zero-order valence-electron chi connectivity index (χ0n) is 10.7. The smallest absolute Gasteiger partial charge is 0.333 e. The molecule has 0 fully saturated rings. The molecular weight excluding hydrogens is 212 g/mol. The zero-order chi connectivity index (χ0) is 12.7. The number of carbonyl (C=O) groups is 1. The van der Waals surface area contributed by atoms with E-state index in [4.69, 9.17) is 4.74 Å². The average molecular weight is 232 g/mol. The molecule has 0 saturated heterocycles. The predicted molar refractivity (Wildman–Crippen MR) is 69.9 cm³/mol. The number of hydrogen-bond acceptors (Lipinski definition) is 2. The van der Waals surface area contributed by atoms with Crippen LogP contribution in [-0.2, 0) is 16.0 Å². The van der Waals surface area contributed by atoms with Crippen molar-refractivity contribution in [3.05, 3.63) is 47.5 Å². The van der Waals surface area contributed by atoms with Gasteiger partial charge < -0.3 is 4.74 Å². The first-order chi connectivity index (χ1) is 8.15. The van der Waals surface area contributed by atoms with E-state index < -0.39 is 0 Å². The fourth-order valence-corrected chi connectivity index (χ4v) is 1.52. The number of rotatable bonds is 6. The lowest BCUT2D eigenvalue weighted by Gasteiger charge is -2.08. The number of esters is 1. The third-order valence-electron chi connectivity index (χ3n) is 2.68. The van der Waals surface area contributed by atoms with E-state index in [1.165, 1.54) is 5.56 Å². The van der Waals surface area contributed by atoms with Crippen LogP contribution in [-0.4, -0.2) is 12.6 Å². The van der Waals surface area contributed by atoms with Crippen LogP contribution in [0.25, 0.3) is 0 Å². The molecule has 0 amide bonds. The highest BCUT2D eigenvalue weighted by Gasteiger charge is 2.09. The molecule has 0 saturated carbocycles. The molecule has 92 valence electrons. The highest BCUT2D eigenvalue weighted by Crippen LogP contribution is 2.12. The lowest BCUT2D eigenvalue weighted by molar-refractivity contribution is -0.139. The number of carbonyl (C=O) groups excluding carboxylic acids is 1. The van der Waals surface area contributed by atoms with E-state index in [1.54, 1.807) is 0 Å². The minimum Gasteiger partial charge on any atom is -0.462 e. The van der Waals surface area contributed by atoms with Crippen LogP contribution in [0.3, 0.4) is 0 Å². The van der Waals surface area contributed by atoms with Gasteiger partial charge in [0.1, 0.15) is 0 Å². The molecule has 0 unspecified atom stereocenters. The molecule has 0 aliphatic rings. The van der Waals surface area contributed by atoms with Crippen molar-refractivity contribution in [3.8, 4) is 0 Å². The molecule has 0 aliphatic carbocycles. The van der Waals surface area contributed by atoms with Gasteiger partial charge in [0.05, 0.1) is 6.61 Å². The molecule has 0 heterocycles. The molecule has 0 N–H and O–H groups in total. The Kier molecular flexibility index (Phi) is 5.47. The van der Waals surface area contributed by atoms with Crippen molar-refractivity contribution in [2.24, 2.45) is 0 Å². The molecule has 1 aromatic rings. The van der Waals surface area contributed by atoms with Gasteiger partial charge in [0.2, 0.25) is 0 Å². The van der Waals surface area contributed by atoms with Crippen molar-refractivity contribution >= 4 is 5.97 Å². The SMILES string of the molecule is C=C(Cc1ccccc1C)C(=O)OCCCC. The highest BCUT2D eigenvalue weighted by molar-refractivity contribution is 5.88. The summed E-state index contributed by atoms with van der Waals surface area (Å²) in [5.41, 5.74) is 2.83. The van der Waals surface area contributed by atoms with E-state index >= 15 is 0 Å².